The summed E-state index contributed by atoms with van der Waals surface area (Å²) in [5, 5.41) is 0. The monoisotopic (exact) mass is 587 g/mol. The third-order valence-corrected chi connectivity index (χ3v) is 11.0. The van der Waals surface area contributed by atoms with Crippen LogP contribution in [0.15, 0.2) is 29.2 Å². The Morgan fingerprint density at radius 1 is 0.976 bits per heavy atom. The van der Waals surface area contributed by atoms with Crippen LogP contribution in [0.2, 0.25) is 0 Å². The molecule has 5 rings (SSSR count). The number of methoxy groups -OCH3 is 1. The summed E-state index contributed by atoms with van der Waals surface area (Å²) >= 11 is 0. The van der Waals surface area contributed by atoms with Crippen LogP contribution in [0.4, 0.5) is 0 Å². The summed E-state index contributed by atoms with van der Waals surface area (Å²) in [7, 11) is 0.0296. The lowest BCUT2D eigenvalue weighted by Crippen LogP contribution is -2.47. The predicted molar refractivity (Wildman–Crippen MR) is 157 cm³/mol. The summed E-state index contributed by atoms with van der Waals surface area (Å²) in [6.45, 7) is 11.5. The summed E-state index contributed by atoms with van der Waals surface area (Å²) < 4.78 is 42.8. The van der Waals surface area contributed by atoms with Crippen LogP contribution in [0.25, 0.3) is 0 Å². The molecule has 1 aromatic carbocycles. The van der Waals surface area contributed by atoms with Gasteiger partial charge in [-0.25, -0.2) is 8.42 Å². The molecular weight excluding hydrogens is 542 g/mol. The van der Waals surface area contributed by atoms with E-state index in [0.29, 0.717) is 41.4 Å². The predicted octanol–water partition coefficient (Wildman–Crippen LogP) is 2.46. The van der Waals surface area contributed by atoms with E-state index in [1.807, 2.05) is 4.90 Å². The van der Waals surface area contributed by atoms with Gasteiger partial charge in [0.2, 0.25) is 15.9 Å². The zero-order valence-electron chi connectivity index (χ0n) is 25.0. The van der Waals surface area contributed by atoms with Gasteiger partial charge in [0.25, 0.3) is 0 Å². The van der Waals surface area contributed by atoms with Gasteiger partial charge in [0.1, 0.15) is 12.4 Å². The van der Waals surface area contributed by atoms with E-state index in [-0.39, 0.29) is 25.2 Å². The van der Waals surface area contributed by atoms with E-state index in [9.17, 15) is 13.2 Å². The van der Waals surface area contributed by atoms with E-state index in [1.54, 1.807) is 37.4 Å². The molecule has 0 N–H and O–H groups in total. The highest BCUT2D eigenvalue weighted by Crippen LogP contribution is 2.32. The van der Waals surface area contributed by atoms with Gasteiger partial charge in [-0.2, -0.15) is 4.31 Å². The molecule has 41 heavy (non-hydrogen) atoms. The number of fused-ring (bicyclic) bond motifs is 1. The van der Waals surface area contributed by atoms with E-state index in [4.69, 9.17) is 9.47 Å². The van der Waals surface area contributed by atoms with Crippen molar-refractivity contribution in [2.24, 2.45) is 0 Å². The maximum atomic E-state index is 13.8. The van der Waals surface area contributed by atoms with Crippen LogP contribution in [0.1, 0.15) is 41.8 Å². The first-order valence-corrected chi connectivity index (χ1v) is 16.2. The molecule has 0 radical (unpaired) electrons. The highest BCUT2D eigenvalue weighted by atomic mass is 32.2. The van der Waals surface area contributed by atoms with Crippen molar-refractivity contribution in [1.82, 2.24) is 23.6 Å². The van der Waals surface area contributed by atoms with Gasteiger partial charge in [0, 0.05) is 69.8 Å². The number of sulfonamides is 1. The number of aryl methyl sites for hydroxylation is 2. The lowest BCUT2D eigenvalue weighted by Gasteiger charge is -2.35. The Kier molecular flexibility index (Phi) is 9.40. The van der Waals surface area contributed by atoms with Crippen LogP contribution in [-0.4, -0.2) is 111 Å². The number of aromatic nitrogens is 1. The first-order valence-electron chi connectivity index (χ1n) is 14.8. The lowest BCUT2D eigenvalue weighted by molar-refractivity contribution is -0.138. The SMILES string of the molecule is COc1cc(C)c(S(=O)(=O)N2CCCCC2COCC(=O)N2CCn3c(CN4CCN(C)CC4)ccc3C2)c(C)c1. The minimum absolute atomic E-state index is 0.0418. The van der Waals surface area contributed by atoms with Crippen LogP contribution in [0.5, 0.6) is 5.75 Å². The third kappa shape index (κ3) is 6.64. The molecule has 1 aromatic heterocycles. The summed E-state index contributed by atoms with van der Waals surface area (Å²) in [4.78, 5) is 20.1. The molecule has 1 atom stereocenters. The molecule has 3 aliphatic rings. The fourth-order valence-electron chi connectivity index (χ4n) is 6.45. The highest BCUT2D eigenvalue weighted by Gasteiger charge is 2.36. The van der Waals surface area contributed by atoms with Crippen molar-refractivity contribution in [3.05, 3.63) is 46.8 Å². The number of piperazine rings is 1. The Balaban J connectivity index is 1.16. The number of benzene rings is 1. The maximum Gasteiger partial charge on any atom is 0.248 e. The fourth-order valence-corrected chi connectivity index (χ4v) is 8.54. The van der Waals surface area contributed by atoms with Gasteiger partial charge in [-0.05, 0) is 69.1 Å². The topological polar surface area (TPSA) is 87.6 Å². The van der Waals surface area contributed by atoms with Crippen molar-refractivity contribution < 1.29 is 22.7 Å². The molecule has 11 heteroatoms. The smallest absolute Gasteiger partial charge is 0.248 e. The van der Waals surface area contributed by atoms with Gasteiger partial charge >= 0.3 is 0 Å². The number of rotatable bonds is 9. The van der Waals surface area contributed by atoms with Crippen molar-refractivity contribution in [3.63, 3.8) is 0 Å². The summed E-state index contributed by atoms with van der Waals surface area (Å²) in [5.41, 5.74) is 3.81. The number of carbonyl (C=O) groups excluding carboxylic acids is 1. The van der Waals surface area contributed by atoms with Crippen LogP contribution in [-0.2, 0) is 39.2 Å². The Morgan fingerprint density at radius 3 is 2.41 bits per heavy atom. The average molecular weight is 588 g/mol. The van der Waals surface area contributed by atoms with Crippen LogP contribution >= 0.6 is 0 Å². The largest absolute Gasteiger partial charge is 0.497 e. The van der Waals surface area contributed by atoms with Crippen molar-refractivity contribution in [1.29, 1.82) is 0 Å². The molecule has 2 fully saturated rings. The zero-order chi connectivity index (χ0) is 29.1. The molecule has 3 aliphatic heterocycles. The number of hydrogen-bond acceptors (Lipinski definition) is 7. The molecule has 0 bridgehead atoms. The van der Waals surface area contributed by atoms with Gasteiger partial charge in [-0.3, -0.25) is 9.69 Å². The van der Waals surface area contributed by atoms with Crippen LogP contribution in [0.3, 0.4) is 0 Å². The Bertz CT molecular complexity index is 1310. The van der Waals surface area contributed by atoms with Gasteiger partial charge in [0.15, 0.2) is 0 Å². The molecule has 226 valence electrons. The van der Waals surface area contributed by atoms with Gasteiger partial charge in [0.05, 0.1) is 25.2 Å². The first kappa shape index (κ1) is 30.0. The third-order valence-electron chi connectivity index (χ3n) is 8.79. The van der Waals surface area contributed by atoms with Crippen molar-refractivity contribution in [2.75, 3.05) is 66.6 Å². The molecular formula is C30H45N5O5S. The van der Waals surface area contributed by atoms with Gasteiger partial charge in [-0.15, -0.1) is 0 Å². The Labute approximate surface area is 244 Å². The second-order valence-corrected chi connectivity index (χ2v) is 13.6. The number of ether oxygens (including phenoxy) is 2. The second-order valence-electron chi connectivity index (χ2n) is 11.7. The number of carbonyl (C=O) groups is 1. The average Bonchev–Trinajstić information content (AvgIpc) is 3.35. The number of piperidine rings is 1. The van der Waals surface area contributed by atoms with Crippen LogP contribution < -0.4 is 4.74 Å². The molecule has 10 nitrogen and oxygen atoms in total. The number of likely N-dealkylation sites (N-methyl/N-ethyl adjacent to an activating group) is 1. The molecule has 0 saturated carbocycles. The summed E-state index contributed by atoms with van der Waals surface area (Å²) in [6, 6.07) is 7.57. The van der Waals surface area contributed by atoms with E-state index >= 15 is 0 Å². The van der Waals surface area contributed by atoms with E-state index < -0.39 is 10.0 Å². The molecule has 1 amide bonds. The molecule has 4 heterocycles. The first-order chi connectivity index (χ1) is 19.7. The van der Waals surface area contributed by atoms with E-state index in [1.165, 1.54) is 5.69 Å². The normalized spacial score (nSPS) is 21.2. The maximum absolute atomic E-state index is 13.8. The van der Waals surface area contributed by atoms with Gasteiger partial charge in [-0.1, -0.05) is 6.42 Å². The molecule has 2 aromatic rings. The second kappa shape index (κ2) is 12.8. The van der Waals surface area contributed by atoms with Crippen molar-refractivity contribution in [2.45, 2.75) is 63.7 Å². The number of nitrogens with zero attached hydrogens (tertiary/aromatic N) is 5. The standard InChI is InChI=1S/C30H45N5O5S/c1-23-17-28(39-4)18-24(2)30(23)41(37,38)35-10-6-5-7-27(35)21-40-22-29(36)33-15-16-34-25(8-9-26(34)20-33)19-32-13-11-31(3)12-14-32/h8-9,17-18,27H,5-7,10-16,19-22H2,1-4H3. The van der Waals surface area contributed by atoms with E-state index in [2.05, 4.69) is 33.5 Å². The Hall–Kier alpha value is -2.44. The minimum atomic E-state index is -3.72. The van der Waals surface area contributed by atoms with E-state index in [0.717, 1.165) is 64.2 Å². The Morgan fingerprint density at radius 2 is 1.71 bits per heavy atom. The highest BCUT2D eigenvalue weighted by molar-refractivity contribution is 7.89. The molecule has 0 aliphatic carbocycles. The zero-order valence-corrected chi connectivity index (χ0v) is 25.8. The van der Waals surface area contributed by atoms with Crippen molar-refractivity contribution in [3.8, 4) is 5.75 Å². The summed E-state index contributed by atoms with van der Waals surface area (Å²) in [6.07, 6.45) is 2.47. The fraction of sp³-hybridized carbons (Fsp3) is 0.633. The molecule has 0 spiro atoms. The van der Waals surface area contributed by atoms with Crippen LogP contribution in [0, 0.1) is 13.8 Å². The quantitative estimate of drug-likeness (QED) is 0.446. The molecule has 1 unspecified atom stereocenters. The number of hydrogen-bond donors (Lipinski definition) is 0. The minimum Gasteiger partial charge on any atom is -0.497 e. The summed E-state index contributed by atoms with van der Waals surface area (Å²) in [5.74, 6) is 0.595. The number of amides is 1. The van der Waals surface area contributed by atoms with Gasteiger partial charge < -0.3 is 23.8 Å². The lowest BCUT2D eigenvalue weighted by atomic mass is 10.1. The van der Waals surface area contributed by atoms with Crippen molar-refractivity contribution >= 4 is 15.9 Å². The molecule has 2 saturated heterocycles.